The zero-order valence-electron chi connectivity index (χ0n) is 12.7. The van der Waals surface area contributed by atoms with E-state index in [0.29, 0.717) is 16.3 Å². The number of nitrogens with one attached hydrogen (secondary N) is 1. The van der Waals surface area contributed by atoms with Gasteiger partial charge >= 0.3 is 0 Å². The molecule has 0 saturated heterocycles. The predicted octanol–water partition coefficient (Wildman–Crippen LogP) is 4.13. The third kappa shape index (κ3) is 3.29. The third-order valence-corrected chi connectivity index (χ3v) is 5.54. The van der Waals surface area contributed by atoms with Crippen molar-refractivity contribution in [1.29, 1.82) is 0 Å². The van der Waals surface area contributed by atoms with Crippen molar-refractivity contribution in [2.75, 3.05) is 11.1 Å². The number of furan rings is 1. The number of carbonyl (C=O) groups excluding carboxylic acids is 1. The molecule has 0 aliphatic heterocycles. The highest BCUT2D eigenvalue weighted by Crippen LogP contribution is 2.24. The maximum Gasteiger partial charge on any atom is 0.291 e. The van der Waals surface area contributed by atoms with E-state index in [-0.39, 0.29) is 16.4 Å². The maximum absolute atomic E-state index is 12.3. The second-order valence-corrected chi connectivity index (χ2v) is 7.89. The van der Waals surface area contributed by atoms with E-state index < -0.39 is 15.7 Å². The van der Waals surface area contributed by atoms with Gasteiger partial charge in [-0.15, -0.1) is 0 Å². The van der Waals surface area contributed by atoms with Crippen LogP contribution in [0.5, 0.6) is 0 Å². The highest BCUT2D eigenvalue weighted by molar-refractivity contribution is 7.91. The van der Waals surface area contributed by atoms with E-state index in [1.165, 1.54) is 12.1 Å². The van der Waals surface area contributed by atoms with Crippen LogP contribution >= 0.6 is 11.6 Å². The minimum atomic E-state index is -3.26. The van der Waals surface area contributed by atoms with Gasteiger partial charge in [-0.25, -0.2) is 8.42 Å². The lowest BCUT2D eigenvalue weighted by Crippen LogP contribution is -2.11. The highest BCUT2D eigenvalue weighted by Gasteiger charge is 2.14. The second-order valence-electron chi connectivity index (χ2n) is 5.17. The van der Waals surface area contributed by atoms with Crippen LogP contribution in [0.2, 0.25) is 5.02 Å². The Kier molecular flexibility index (Phi) is 4.34. The van der Waals surface area contributed by atoms with E-state index in [9.17, 15) is 13.2 Å². The first-order valence-corrected chi connectivity index (χ1v) is 9.25. The summed E-state index contributed by atoms with van der Waals surface area (Å²) in [6, 6.07) is 12.7. The van der Waals surface area contributed by atoms with E-state index in [1.54, 1.807) is 43.3 Å². The van der Waals surface area contributed by atoms with Gasteiger partial charge in [-0.1, -0.05) is 18.5 Å². The Labute approximate surface area is 144 Å². The first kappa shape index (κ1) is 16.5. The first-order chi connectivity index (χ1) is 11.4. The molecule has 1 heterocycles. The van der Waals surface area contributed by atoms with Crippen LogP contribution in [-0.4, -0.2) is 20.1 Å². The van der Waals surface area contributed by atoms with Gasteiger partial charge in [0.1, 0.15) is 5.58 Å². The number of halogens is 1. The van der Waals surface area contributed by atoms with Crippen LogP contribution < -0.4 is 5.32 Å². The van der Waals surface area contributed by atoms with Crippen molar-refractivity contribution >= 4 is 44.0 Å². The Balaban J connectivity index is 1.81. The highest BCUT2D eigenvalue weighted by atomic mass is 35.5. The molecule has 0 saturated carbocycles. The van der Waals surface area contributed by atoms with Gasteiger partial charge in [0.05, 0.1) is 10.6 Å². The molecule has 1 aromatic heterocycles. The molecule has 0 aliphatic carbocycles. The monoisotopic (exact) mass is 363 g/mol. The predicted molar refractivity (Wildman–Crippen MR) is 93.3 cm³/mol. The Morgan fingerprint density at radius 3 is 2.50 bits per heavy atom. The molecule has 124 valence electrons. The minimum Gasteiger partial charge on any atom is -0.451 e. The van der Waals surface area contributed by atoms with Crippen LogP contribution in [0.25, 0.3) is 11.0 Å². The molecule has 0 radical (unpaired) electrons. The average Bonchev–Trinajstić information content (AvgIpc) is 2.98. The number of rotatable bonds is 4. The standard InChI is InChI=1S/C17H14ClNO4S/c1-2-24(21,22)14-6-4-13(5-7-14)19-17(20)16-10-11-9-12(18)3-8-15(11)23-16/h3-10H,2H2,1H3,(H,19,20). The number of sulfone groups is 1. The van der Waals surface area contributed by atoms with Crippen molar-refractivity contribution < 1.29 is 17.6 Å². The summed E-state index contributed by atoms with van der Waals surface area (Å²) in [5.41, 5.74) is 1.04. The minimum absolute atomic E-state index is 0.0280. The van der Waals surface area contributed by atoms with E-state index >= 15 is 0 Å². The van der Waals surface area contributed by atoms with Crippen molar-refractivity contribution in [2.24, 2.45) is 0 Å². The van der Waals surface area contributed by atoms with Crippen LogP contribution in [0, 0.1) is 0 Å². The number of amides is 1. The molecule has 3 rings (SSSR count). The Bertz CT molecular complexity index is 1010. The van der Waals surface area contributed by atoms with Crippen molar-refractivity contribution in [3.05, 3.63) is 59.3 Å². The molecule has 2 aromatic carbocycles. The molecule has 24 heavy (non-hydrogen) atoms. The quantitative estimate of drug-likeness (QED) is 0.756. The summed E-state index contributed by atoms with van der Waals surface area (Å²) < 4.78 is 29.0. The molecule has 0 spiro atoms. The molecule has 0 bridgehead atoms. The van der Waals surface area contributed by atoms with Gasteiger partial charge in [-0.05, 0) is 48.5 Å². The number of hydrogen-bond acceptors (Lipinski definition) is 4. The third-order valence-electron chi connectivity index (χ3n) is 3.55. The van der Waals surface area contributed by atoms with E-state index in [2.05, 4.69) is 5.32 Å². The van der Waals surface area contributed by atoms with E-state index in [1.807, 2.05) is 0 Å². The van der Waals surface area contributed by atoms with Crippen molar-refractivity contribution in [2.45, 2.75) is 11.8 Å². The fourth-order valence-corrected chi connectivity index (χ4v) is 3.30. The number of fused-ring (bicyclic) bond motifs is 1. The average molecular weight is 364 g/mol. The van der Waals surface area contributed by atoms with E-state index in [4.69, 9.17) is 16.0 Å². The van der Waals surface area contributed by atoms with Crippen molar-refractivity contribution in [3.8, 4) is 0 Å². The largest absolute Gasteiger partial charge is 0.451 e. The Hall–Kier alpha value is -2.31. The van der Waals surface area contributed by atoms with Crippen LogP contribution in [0.15, 0.2) is 57.8 Å². The molecule has 0 fully saturated rings. The number of hydrogen-bond donors (Lipinski definition) is 1. The van der Waals surface area contributed by atoms with Gasteiger partial charge in [0, 0.05) is 16.1 Å². The Morgan fingerprint density at radius 1 is 1.12 bits per heavy atom. The zero-order valence-corrected chi connectivity index (χ0v) is 14.3. The van der Waals surface area contributed by atoms with Gasteiger partial charge in [0.25, 0.3) is 5.91 Å². The number of benzene rings is 2. The molecular formula is C17H14ClNO4S. The van der Waals surface area contributed by atoms with Gasteiger partial charge in [-0.3, -0.25) is 4.79 Å². The molecule has 1 amide bonds. The fourth-order valence-electron chi connectivity index (χ4n) is 2.23. The summed E-state index contributed by atoms with van der Waals surface area (Å²) in [5, 5.41) is 3.96. The summed E-state index contributed by atoms with van der Waals surface area (Å²) in [6.07, 6.45) is 0. The number of anilines is 1. The number of carbonyl (C=O) groups is 1. The van der Waals surface area contributed by atoms with E-state index in [0.717, 1.165) is 5.39 Å². The molecule has 0 aliphatic rings. The van der Waals surface area contributed by atoms with Gasteiger partial charge in [0.2, 0.25) is 0 Å². The van der Waals surface area contributed by atoms with Crippen molar-refractivity contribution in [1.82, 2.24) is 0 Å². The van der Waals surface area contributed by atoms with Crippen molar-refractivity contribution in [3.63, 3.8) is 0 Å². The molecular weight excluding hydrogens is 350 g/mol. The molecule has 0 unspecified atom stereocenters. The second kappa shape index (κ2) is 6.30. The summed E-state index contributed by atoms with van der Waals surface area (Å²) in [5.74, 6) is -0.244. The Morgan fingerprint density at radius 2 is 1.83 bits per heavy atom. The normalized spacial score (nSPS) is 11.6. The zero-order chi connectivity index (χ0) is 17.3. The van der Waals surface area contributed by atoms with Crippen LogP contribution in [0.4, 0.5) is 5.69 Å². The first-order valence-electron chi connectivity index (χ1n) is 7.22. The van der Waals surface area contributed by atoms with Gasteiger partial charge < -0.3 is 9.73 Å². The maximum atomic E-state index is 12.3. The summed E-state index contributed by atoms with van der Waals surface area (Å²) in [6.45, 7) is 1.58. The lowest BCUT2D eigenvalue weighted by molar-refractivity contribution is 0.0998. The topological polar surface area (TPSA) is 76.4 Å². The molecule has 0 atom stereocenters. The van der Waals surface area contributed by atoms with Crippen LogP contribution in [0.1, 0.15) is 17.5 Å². The molecule has 7 heteroatoms. The lowest BCUT2D eigenvalue weighted by atomic mass is 10.2. The lowest BCUT2D eigenvalue weighted by Gasteiger charge is -2.05. The summed E-state index contributed by atoms with van der Waals surface area (Å²) >= 11 is 5.91. The molecule has 3 aromatic rings. The fraction of sp³-hybridized carbons (Fsp3) is 0.118. The van der Waals surface area contributed by atoms with Gasteiger partial charge in [-0.2, -0.15) is 0 Å². The van der Waals surface area contributed by atoms with Crippen LogP contribution in [0.3, 0.4) is 0 Å². The smallest absolute Gasteiger partial charge is 0.291 e. The molecule has 1 N–H and O–H groups in total. The SMILES string of the molecule is CCS(=O)(=O)c1ccc(NC(=O)c2cc3cc(Cl)ccc3o2)cc1. The summed E-state index contributed by atoms with van der Waals surface area (Å²) in [7, 11) is -3.26. The molecule has 5 nitrogen and oxygen atoms in total. The van der Waals surface area contributed by atoms with Crippen LogP contribution in [-0.2, 0) is 9.84 Å². The van der Waals surface area contributed by atoms with Gasteiger partial charge in [0.15, 0.2) is 15.6 Å². The summed E-state index contributed by atoms with van der Waals surface area (Å²) in [4.78, 5) is 12.5.